The van der Waals surface area contributed by atoms with Crippen LogP contribution in [0.3, 0.4) is 0 Å². The highest BCUT2D eigenvalue weighted by atomic mass is 16.7. The fraction of sp³-hybridized carbons (Fsp3) is 0.816. The average molecular weight is 609 g/mol. The molecule has 1 unspecified atom stereocenters. The largest absolute Gasteiger partial charge is 0.481 e. The predicted octanol–water partition coefficient (Wildman–Crippen LogP) is 9.10. The zero-order valence-electron chi connectivity index (χ0n) is 28.3. The Bertz CT molecular complexity index is 1330. The van der Waals surface area contributed by atoms with Gasteiger partial charge in [0.25, 0.3) is 0 Å². The van der Waals surface area contributed by atoms with E-state index in [1.54, 1.807) is 0 Å². The van der Waals surface area contributed by atoms with Gasteiger partial charge in [0.05, 0.1) is 18.1 Å². The van der Waals surface area contributed by atoms with Gasteiger partial charge in [0.15, 0.2) is 5.76 Å². The maximum Gasteiger partial charge on any atom is 0.310 e. The first-order chi connectivity index (χ1) is 20.7. The maximum absolute atomic E-state index is 13.0. The standard InChI is InChI=1S/C38H56O6/c1-8-41-22-24-9-11-27(43-24)31-42-23-35(5)28-13-16-37(7)29(34(28,4)15-14-30(35)44-31)12-10-25-26-21-33(2,3)17-19-38(26,32(39)40)20-18-36(25,37)6/h9-11,26,28-31H,8,12-23H2,1-7H3,(H,39,40)/t26-,28+,29+,30-,31?,34-,35-,36+,37+,38-/m0/s1. The molecule has 5 aliphatic carbocycles. The topological polar surface area (TPSA) is 78.1 Å². The zero-order valence-corrected chi connectivity index (χ0v) is 28.3. The molecule has 44 heavy (non-hydrogen) atoms. The lowest BCUT2D eigenvalue weighted by Gasteiger charge is -2.71. The molecular weight excluding hydrogens is 552 g/mol. The van der Waals surface area contributed by atoms with E-state index in [2.05, 4.69) is 47.6 Å². The van der Waals surface area contributed by atoms with E-state index in [9.17, 15) is 9.90 Å². The quantitative estimate of drug-likeness (QED) is 0.336. The van der Waals surface area contributed by atoms with Crippen LogP contribution >= 0.6 is 0 Å². The number of ether oxygens (including phenoxy) is 3. The van der Waals surface area contributed by atoms with Crippen LogP contribution in [0.4, 0.5) is 0 Å². The van der Waals surface area contributed by atoms with Crippen LogP contribution in [-0.4, -0.2) is 30.4 Å². The minimum Gasteiger partial charge on any atom is -0.481 e. The minimum absolute atomic E-state index is 0.0435. The van der Waals surface area contributed by atoms with E-state index < -0.39 is 17.7 Å². The van der Waals surface area contributed by atoms with E-state index in [1.807, 2.05) is 19.1 Å². The molecule has 1 aromatic rings. The SMILES string of the molecule is CCOCc1ccc(C2OC[C@@]3(C)[C@@H]4CC[C@]5(C)[C@H](CC=C6[C@@H]7CC(C)(C)CC[C@]7(C(=O)O)CC[C@]65C)[C@@]4(C)CC[C@@H]3O2)o1. The summed E-state index contributed by atoms with van der Waals surface area (Å²) in [7, 11) is 0. The predicted molar refractivity (Wildman–Crippen MR) is 169 cm³/mol. The number of carbonyl (C=O) groups is 1. The average Bonchev–Trinajstić information content (AvgIpc) is 3.44. The van der Waals surface area contributed by atoms with Crippen LogP contribution in [0.25, 0.3) is 0 Å². The zero-order chi connectivity index (χ0) is 31.3. The highest BCUT2D eigenvalue weighted by Gasteiger charge is 2.70. The highest BCUT2D eigenvalue weighted by molar-refractivity contribution is 5.76. The van der Waals surface area contributed by atoms with Crippen molar-refractivity contribution < 1.29 is 28.5 Å². The summed E-state index contributed by atoms with van der Waals surface area (Å²) in [6.45, 7) is 18.7. The Morgan fingerprint density at radius 2 is 1.73 bits per heavy atom. The molecule has 0 spiro atoms. The highest BCUT2D eigenvalue weighted by Crippen LogP contribution is 2.76. The van der Waals surface area contributed by atoms with Gasteiger partial charge in [-0.3, -0.25) is 4.79 Å². The van der Waals surface area contributed by atoms with Crippen LogP contribution in [0.5, 0.6) is 0 Å². The van der Waals surface area contributed by atoms with E-state index in [1.165, 1.54) is 18.4 Å². The van der Waals surface area contributed by atoms with Crippen LogP contribution in [0.15, 0.2) is 28.2 Å². The molecule has 1 saturated heterocycles. The van der Waals surface area contributed by atoms with E-state index >= 15 is 0 Å². The van der Waals surface area contributed by atoms with Gasteiger partial charge in [-0.1, -0.05) is 53.2 Å². The van der Waals surface area contributed by atoms with Gasteiger partial charge in [0, 0.05) is 12.0 Å². The van der Waals surface area contributed by atoms with Gasteiger partial charge in [-0.2, -0.15) is 0 Å². The number of allylic oxidation sites excluding steroid dienone is 2. The molecule has 244 valence electrons. The summed E-state index contributed by atoms with van der Waals surface area (Å²) in [5.74, 6) is 2.25. The Balaban J connectivity index is 1.16. The lowest BCUT2D eigenvalue weighted by atomic mass is 9.33. The Hall–Kier alpha value is -1.63. The third-order valence-electron chi connectivity index (χ3n) is 15.0. The normalized spacial score (nSPS) is 47.7. The summed E-state index contributed by atoms with van der Waals surface area (Å²) in [5.41, 5.74) is 1.45. The van der Waals surface area contributed by atoms with E-state index in [-0.39, 0.29) is 39.1 Å². The molecule has 0 bridgehead atoms. The van der Waals surface area contributed by atoms with Crippen LogP contribution in [-0.2, 0) is 25.6 Å². The maximum atomic E-state index is 13.0. The van der Waals surface area contributed by atoms with Gasteiger partial charge >= 0.3 is 5.97 Å². The summed E-state index contributed by atoms with van der Waals surface area (Å²) < 4.78 is 24.8. The van der Waals surface area contributed by atoms with Crippen molar-refractivity contribution in [1.82, 2.24) is 0 Å². The smallest absolute Gasteiger partial charge is 0.310 e. The van der Waals surface area contributed by atoms with Crippen LogP contribution in [0, 0.1) is 50.2 Å². The van der Waals surface area contributed by atoms with Crippen LogP contribution in [0.1, 0.15) is 130 Å². The molecule has 1 N–H and O–H groups in total. The number of rotatable bonds is 5. The second kappa shape index (κ2) is 10.2. The minimum atomic E-state index is -0.582. The van der Waals surface area contributed by atoms with Gasteiger partial charge in [-0.15, -0.1) is 0 Å². The second-order valence-corrected chi connectivity index (χ2v) is 17.4. The van der Waals surface area contributed by atoms with Crippen molar-refractivity contribution in [2.45, 2.75) is 132 Å². The molecule has 6 heteroatoms. The molecular formula is C38H56O6. The molecule has 0 aromatic carbocycles. The fourth-order valence-corrected chi connectivity index (χ4v) is 12.2. The van der Waals surface area contributed by atoms with E-state index in [0.29, 0.717) is 31.7 Å². The number of fused-ring (bicyclic) bond motifs is 9. The molecule has 5 fully saturated rings. The molecule has 6 nitrogen and oxygen atoms in total. The van der Waals surface area contributed by atoms with Gasteiger partial charge in [0.2, 0.25) is 6.29 Å². The molecule has 10 atom stereocenters. The number of hydrogen-bond donors (Lipinski definition) is 1. The Morgan fingerprint density at radius 3 is 2.48 bits per heavy atom. The Labute approximate surface area is 264 Å². The number of furan rings is 1. The summed E-state index contributed by atoms with van der Waals surface area (Å²) in [6.07, 6.45) is 12.5. The van der Waals surface area contributed by atoms with Crippen molar-refractivity contribution in [2.24, 2.45) is 50.2 Å². The summed E-state index contributed by atoms with van der Waals surface area (Å²) in [4.78, 5) is 13.0. The number of aliphatic carboxylic acids is 1. The van der Waals surface area contributed by atoms with Crippen molar-refractivity contribution >= 4 is 5.97 Å². The van der Waals surface area contributed by atoms with Crippen LogP contribution < -0.4 is 0 Å². The molecule has 2 heterocycles. The summed E-state index contributed by atoms with van der Waals surface area (Å²) >= 11 is 0. The van der Waals surface area contributed by atoms with Crippen molar-refractivity contribution in [3.05, 3.63) is 35.3 Å². The molecule has 0 radical (unpaired) electrons. The Kier molecular flexibility index (Phi) is 7.17. The fourth-order valence-electron chi connectivity index (χ4n) is 12.2. The van der Waals surface area contributed by atoms with Crippen LogP contribution in [0.2, 0.25) is 0 Å². The van der Waals surface area contributed by atoms with Crippen molar-refractivity contribution in [2.75, 3.05) is 13.2 Å². The van der Waals surface area contributed by atoms with E-state index in [0.717, 1.165) is 62.9 Å². The first-order valence-corrected chi connectivity index (χ1v) is 17.6. The molecule has 7 rings (SSSR count). The lowest BCUT2D eigenvalue weighted by Crippen LogP contribution is -2.66. The van der Waals surface area contributed by atoms with Gasteiger partial charge in [0.1, 0.15) is 12.4 Å². The van der Waals surface area contributed by atoms with Crippen molar-refractivity contribution in [1.29, 1.82) is 0 Å². The lowest BCUT2D eigenvalue weighted by molar-refractivity contribution is -0.321. The van der Waals surface area contributed by atoms with Gasteiger partial charge in [-0.05, 0) is 123 Å². The van der Waals surface area contributed by atoms with Gasteiger partial charge < -0.3 is 23.7 Å². The first kappa shape index (κ1) is 31.0. The van der Waals surface area contributed by atoms with Crippen molar-refractivity contribution in [3.8, 4) is 0 Å². The Morgan fingerprint density at radius 1 is 0.955 bits per heavy atom. The van der Waals surface area contributed by atoms with Crippen molar-refractivity contribution in [3.63, 3.8) is 0 Å². The molecule has 6 aliphatic rings. The number of carboxylic acid groups (broad SMARTS) is 1. The molecule has 0 amide bonds. The molecule has 4 saturated carbocycles. The number of carboxylic acids is 1. The summed E-state index contributed by atoms with van der Waals surface area (Å²) in [6, 6.07) is 3.95. The third-order valence-corrected chi connectivity index (χ3v) is 15.0. The monoisotopic (exact) mass is 608 g/mol. The second-order valence-electron chi connectivity index (χ2n) is 17.4. The molecule has 1 aliphatic heterocycles. The summed E-state index contributed by atoms with van der Waals surface area (Å²) in [5, 5.41) is 10.7. The van der Waals surface area contributed by atoms with Gasteiger partial charge in [-0.25, -0.2) is 0 Å². The first-order valence-electron chi connectivity index (χ1n) is 17.6. The van der Waals surface area contributed by atoms with E-state index in [4.69, 9.17) is 18.6 Å². The molecule has 1 aromatic heterocycles. The third kappa shape index (κ3) is 4.18. The number of hydrogen-bond acceptors (Lipinski definition) is 5.